The molecule has 1 atom stereocenters. The monoisotopic (exact) mass is 587 g/mol. The van der Waals surface area contributed by atoms with Crippen molar-refractivity contribution in [2.45, 2.75) is 29.5 Å². The lowest BCUT2D eigenvalue weighted by Crippen LogP contribution is -2.30. The zero-order valence-electron chi connectivity index (χ0n) is 22.1. The molecule has 2 heterocycles. The number of thioether (sulfide) groups is 1. The standard InChI is InChI=1S/C31H26FN3O4S2/c1-2-18-39-24-15-11-22(12-16-24)27-26(25(36)17-10-20-6-4-3-5-7-20)28(37)29(38)35(27)30-33-34-31(41-30)40-19-21-8-13-23(32)14-9-21/h3-17,27,37H,2,18-19H2,1H3. The number of aromatic nitrogens is 2. The Kier molecular flexibility index (Phi) is 8.91. The van der Waals surface area contributed by atoms with Gasteiger partial charge in [-0.3, -0.25) is 14.5 Å². The first-order valence-electron chi connectivity index (χ1n) is 12.9. The molecule has 1 aliphatic rings. The minimum absolute atomic E-state index is 0.0416. The van der Waals surface area contributed by atoms with Gasteiger partial charge in [0, 0.05) is 5.75 Å². The van der Waals surface area contributed by atoms with Crippen LogP contribution in [0.3, 0.4) is 0 Å². The summed E-state index contributed by atoms with van der Waals surface area (Å²) in [5, 5.41) is 19.7. The number of aliphatic hydroxyl groups excluding tert-OH is 1. The Hall–Kier alpha value is -4.28. The van der Waals surface area contributed by atoms with Crippen molar-refractivity contribution in [1.29, 1.82) is 0 Å². The average Bonchev–Trinajstić information content (AvgIpc) is 3.57. The Balaban J connectivity index is 1.45. The maximum atomic E-state index is 13.5. The Morgan fingerprint density at radius 1 is 1.07 bits per heavy atom. The number of carbonyl (C=O) groups is 2. The normalized spacial score (nSPS) is 15.2. The third kappa shape index (κ3) is 6.55. The van der Waals surface area contributed by atoms with Crippen LogP contribution in [0.15, 0.2) is 101 Å². The Labute approximate surface area is 245 Å². The summed E-state index contributed by atoms with van der Waals surface area (Å²) in [5.41, 5.74) is 2.28. The topological polar surface area (TPSA) is 92.6 Å². The van der Waals surface area contributed by atoms with Gasteiger partial charge in [0.2, 0.25) is 5.13 Å². The number of amides is 1. The molecule has 1 N–H and O–H groups in total. The Morgan fingerprint density at radius 3 is 2.51 bits per heavy atom. The molecule has 41 heavy (non-hydrogen) atoms. The Morgan fingerprint density at radius 2 is 1.80 bits per heavy atom. The number of benzene rings is 3. The molecule has 208 valence electrons. The molecule has 0 fully saturated rings. The summed E-state index contributed by atoms with van der Waals surface area (Å²) in [6.45, 7) is 2.57. The van der Waals surface area contributed by atoms with Crippen LogP contribution < -0.4 is 9.64 Å². The van der Waals surface area contributed by atoms with E-state index in [1.54, 1.807) is 42.5 Å². The number of ketones is 1. The third-order valence-electron chi connectivity index (χ3n) is 6.25. The lowest BCUT2D eigenvalue weighted by atomic mass is 9.95. The molecular weight excluding hydrogens is 561 g/mol. The van der Waals surface area contributed by atoms with Gasteiger partial charge >= 0.3 is 0 Å². The molecule has 1 amide bonds. The summed E-state index contributed by atoms with van der Waals surface area (Å²) in [7, 11) is 0. The zero-order valence-corrected chi connectivity index (χ0v) is 23.7. The highest BCUT2D eigenvalue weighted by Gasteiger charge is 2.45. The van der Waals surface area contributed by atoms with Crippen molar-refractivity contribution in [3.05, 3.63) is 119 Å². The molecule has 0 spiro atoms. The van der Waals surface area contributed by atoms with Gasteiger partial charge in [0.25, 0.3) is 5.91 Å². The van der Waals surface area contributed by atoms with Gasteiger partial charge in [0.1, 0.15) is 11.6 Å². The van der Waals surface area contributed by atoms with Crippen LogP contribution in [0.5, 0.6) is 5.75 Å². The van der Waals surface area contributed by atoms with Crippen LogP contribution in [0.1, 0.15) is 36.1 Å². The van der Waals surface area contributed by atoms with Gasteiger partial charge in [0.15, 0.2) is 15.9 Å². The summed E-state index contributed by atoms with van der Waals surface area (Å²) < 4.78 is 19.5. The molecule has 0 bridgehead atoms. The molecule has 5 rings (SSSR count). The van der Waals surface area contributed by atoms with Crippen LogP contribution in [0, 0.1) is 5.82 Å². The number of hydrogen-bond acceptors (Lipinski definition) is 8. The van der Waals surface area contributed by atoms with E-state index in [0.717, 1.165) is 17.5 Å². The van der Waals surface area contributed by atoms with Crippen molar-refractivity contribution in [3.63, 3.8) is 0 Å². The molecule has 0 saturated carbocycles. The number of aliphatic hydroxyl groups is 1. The van der Waals surface area contributed by atoms with E-state index in [2.05, 4.69) is 10.2 Å². The summed E-state index contributed by atoms with van der Waals surface area (Å²) >= 11 is 2.57. The predicted octanol–water partition coefficient (Wildman–Crippen LogP) is 6.94. The fourth-order valence-electron chi connectivity index (χ4n) is 4.25. The van der Waals surface area contributed by atoms with Crippen LogP contribution in [0.25, 0.3) is 6.08 Å². The van der Waals surface area contributed by atoms with Crippen molar-refractivity contribution >= 4 is 46.0 Å². The van der Waals surface area contributed by atoms with Gasteiger partial charge in [-0.25, -0.2) is 4.39 Å². The molecule has 0 radical (unpaired) electrons. The summed E-state index contributed by atoms with van der Waals surface area (Å²) in [6, 6.07) is 21.6. The van der Waals surface area contributed by atoms with Gasteiger partial charge in [-0.2, -0.15) is 0 Å². The second-order valence-corrected chi connectivity index (χ2v) is 11.3. The average molecular weight is 588 g/mol. The van der Waals surface area contributed by atoms with Crippen LogP contribution in [-0.4, -0.2) is 33.6 Å². The molecule has 1 unspecified atom stereocenters. The number of anilines is 1. The maximum Gasteiger partial charge on any atom is 0.296 e. The van der Waals surface area contributed by atoms with E-state index in [0.29, 0.717) is 28.0 Å². The molecule has 0 saturated heterocycles. The van der Waals surface area contributed by atoms with E-state index < -0.39 is 23.5 Å². The second kappa shape index (κ2) is 12.9. The second-order valence-electron chi connectivity index (χ2n) is 9.13. The van der Waals surface area contributed by atoms with Crippen LogP contribution in [0.2, 0.25) is 0 Å². The zero-order chi connectivity index (χ0) is 28.8. The first-order valence-corrected chi connectivity index (χ1v) is 14.7. The number of halogens is 1. The van der Waals surface area contributed by atoms with Gasteiger partial charge < -0.3 is 9.84 Å². The summed E-state index contributed by atoms with van der Waals surface area (Å²) in [4.78, 5) is 28.2. The van der Waals surface area contributed by atoms with Gasteiger partial charge in [-0.1, -0.05) is 90.7 Å². The number of carbonyl (C=O) groups excluding carboxylic acids is 2. The van der Waals surface area contributed by atoms with Crippen molar-refractivity contribution in [3.8, 4) is 5.75 Å². The largest absolute Gasteiger partial charge is 0.503 e. The molecule has 10 heteroatoms. The number of rotatable bonds is 11. The predicted molar refractivity (Wildman–Crippen MR) is 158 cm³/mol. The molecule has 1 aromatic heterocycles. The molecule has 4 aromatic rings. The van der Waals surface area contributed by atoms with Gasteiger partial charge in [-0.15, -0.1) is 10.2 Å². The minimum atomic E-state index is -0.918. The van der Waals surface area contributed by atoms with E-state index in [4.69, 9.17) is 4.74 Å². The van der Waals surface area contributed by atoms with Crippen molar-refractivity contribution in [1.82, 2.24) is 10.2 Å². The molecule has 1 aliphatic heterocycles. The number of allylic oxidation sites excluding steroid dienone is 1. The molecule has 0 aliphatic carbocycles. The quantitative estimate of drug-likeness (QED) is 0.115. The van der Waals surface area contributed by atoms with Crippen molar-refractivity contribution < 1.29 is 23.8 Å². The summed E-state index contributed by atoms with van der Waals surface area (Å²) in [6.07, 6.45) is 3.85. The smallest absolute Gasteiger partial charge is 0.296 e. The van der Waals surface area contributed by atoms with Crippen LogP contribution in [0.4, 0.5) is 9.52 Å². The van der Waals surface area contributed by atoms with Crippen LogP contribution >= 0.6 is 23.1 Å². The fraction of sp³-hybridized carbons (Fsp3) is 0.161. The summed E-state index contributed by atoms with van der Waals surface area (Å²) in [5.74, 6) is -0.968. The first kappa shape index (κ1) is 28.3. The van der Waals surface area contributed by atoms with Crippen molar-refractivity contribution in [2.24, 2.45) is 0 Å². The number of nitrogens with zero attached hydrogens (tertiary/aromatic N) is 3. The van der Waals surface area contributed by atoms with Gasteiger partial charge in [0.05, 0.1) is 18.2 Å². The first-order chi connectivity index (χ1) is 19.9. The maximum absolute atomic E-state index is 13.5. The van der Waals surface area contributed by atoms with Crippen LogP contribution in [-0.2, 0) is 15.3 Å². The molecular formula is C31H26FN3O4S2. The highest BCUT2D eigenvalue weighted by Crippen LogP contribution is 2.43. The number of ether oxygens (including phenoxy) is 1. The van der Waals surface area contributed by atoms with E-state index >= 15 is 0 Å². The highest BCUT2D eigenvalue weighted by atomic mass is 32.2. The van der Waals surface area contributed by atoms with Gasteiger partial charge in [-0.05, 0) is 53.5 Å². The lowest BCUT2D eigenvalue weighted by Gasteiger charge is -2.24. The Bertz CT molecular complexity index is 1590. The SMILES string of the molecule is CCCOc1ccc(C2C(C(=O)C=Cc3ccccc3)=C(O)C(=O)N2c2nnc(SCc3ccc(F)cc3)s2)cc1. The van der Waals surface area contributed by atoms with E-state index in [-0.39, 0.29) is 16.5 Å². The minimum Gasteiger partial charge on any atom is -0.503 e. The molecule has 7 nitrogen and oxygen atoms in total. The van der Waals surface area contributed by atoms with E-state index in [1.165, 1.54) is 46.2 Å². The molecule has 3 aromatic carbocycles. The third-order valence-corrected chi connectivity index (χ3v) is 8.37. The lowest BCUT2D eigenvalue weighted by molar-refractivity contribution is -0.117. The van der Waals surface area contributed by atoms with E-state index in [1.807, 2.05) is 37.3 Å². The van der Waals surface area contributed by atoms with E-state index in [9.17, 15) is 19.1 Å². The fourth-order valence-corrected chi connectivity index (χ4v) is 6.07. The number of hydrogen-bond donors (Lipinski definition) is 1. The highest BCUT2D eigenvalue weighted by molar-refractivity contribution is 8.00. The van der Waals surface area contributed by atoms with Crippen molar-refractivity contribution in [2.75, 3.05) is 11.5 Å².